The molecule has 0 saturated heterocycles. The summed E-state index contributed by atoms with van der Waals surface area (Å²) in [5, 5.41) is 6.33. The summed E-state index contributed by atoms with van der Waals surface area (Å²) in [6.07, 6.45) is 5.66. The van der Waals surface area contributed by atoms with Crippen molar-refractivity contribution in [2.45, 2.75) is 39.0 Å². The second-order valence-electron chi connectivity index (χ2n) is 6.19. The topological polar surface area (TPSA) is 67.1 Å². The number of nitrogen functional groups attached to an aromatic ring is 1. The second kappa shape index (κ2) is 4.44. The number of nitrogens with one attached hydrogen (secondary N) is 2. The van der Waals surface area contributed by atoms with Crippen molar-refractivity contribution in [3.63, 3.8) is 0 Å². The molecule has 1 aromatic carbocycles. The summed E-state index contributed by atoms with van der Waals surface area (Å²) in [6, 6.07) is 3.88. The Morgan fingerprint density at radius 1 is 1.37 bits per heavy atom. The molecule has 1 aromatic rings. The fourth-order valence-electron chi connectivity index (χ4n) is 3.16. The van der Waals surface area contributed by atoms with E-state index in [-0.39, 0.29) is 5.91 Å². The number of benzene rings is 1. The highest BCUT2D eigenvalue weighted by Crippen LogP contribution is 2.38. The summed E-state index contributed by atoms with van der Waals surface area (Å²) >= 11 is 0. The molecule has 1 aliphatic carbocycles. The fraction of sp³-hybridized carbons (Fsp3) is 0.533. The van der Waals surface area contributed by atoms with Crippen LogP contribution >= 0.6 is 0 Å². The Balaban J connectivity index is 1.75. The minimum absolute atomic E-state index is 0.0503. The van der Waals surface area contributed by atoms with Crippen LogP contribution in [-0.2, 0) is 11.2 Å². The van der Waals surface area contributed by atoms with Crippen molar-refractivity contribution >= 4 is 23.0 Å². The van der Waals surface area contributed by atoms with E-state index >= 15 is 0 Å². The summed E-state index contributed by atoms with van der Waals surface area (Å²) in [7, 11) is 0. The van der Waals surface area contributed by atoms with Crippen molar-refractivity contribution in [2.75, 3.05) is 22.9 Å². The van der Waals surface area contributed by atoms with Gasteiger partial charge in [0.2, 0.25) is 5.91 Å². The Bertz CT molecular complexity index is 518. The molecule has 1 heterocycles. The Kier molecular flexibility index (Phi) is 2.88. The minimum Gasteiger partial charge on any atom is -0.397 e. The number of carbonyl (C=O) groups is 1. The summed E-state index contributed by atoms with van der Waals surface area (Å²) in [5.74, 6) is 0.0503. The highest BCUT2D eigenvalue weighted by molar-refractivity contribution is 6.00. The van der Waals surface area contributed by atoms with Crippen LogP contribution in [-0.4, -0.2) is 12.5 Å². The quantitative estimate of drug-likeness (QED) is 0.731. The molecule has 102 valence electrons. The smallest absolute Gasteiger partial charge is 0.228 e. The molecule has 1 amide bonds. The maximum atomic E-state index is 11.4. The number of anilines is 3. The van der Waals surface area contributed by atoms with Gasteiger partial charge in [-0.1, -0.05) is 19.8 Å². The molecule has 0 spiro atoms. The lowest BCUT2D eigenvalue weighted by molar-refractivity contribution is -0.115. The zero-order valence-electron chi connectivity index (χ0n) is 11.4. The maximum Gasteiger partial charge on any atom is 0.228 e. The number of fused-ring (bicyclic) bond motifs is 1. The van der Waals surface area contributed by atoms with E-state index in [2.05, 4.69) is 17.6 Å². The predicted octanol–water partition coefficient (Wildman–Crippen LogP) is 2.76. The van der Waals surface area contributed by atoms with E-state index in [9.17, 15) is 4.79 Å². The molecule has 0 aromatic heterocycles. The molecule has 0 unspecified atom stereocenters. The lowest BCUT2D eigenvalue weighted by atomic mass is 9.89. The highest BCUT2D eigenvalue weighted by Gasteiger charge is 2.28. The van der Waals surface area contributed by atoms with Crippen LogP contribution in [0.1, 0.15) is 38.2 Å². The van der Waals surface area contributed by atoms with Gasteiger partial charge in [0.15, 0.2) is 0 Å². The van der Waals surface area contributed by atoms with Gasteiger partial charge in [-0.25, -0.2) is 0 Å². The van der Waals surface area contributed by atoms with Gasteiger partial charge in [0.25, 0.3) is 0 Å². The molecule has 3 rings (SSSR count). The largest absolute Gasteiger partial charge is 0.397 e. The van der Waals surface area contributed by atoms with E-state index in [4.69, 9.17) is 5.73 Å². The average molecular weight is 259 g/mol. The Morgan fingerprint density at radius 2 is 2.11 bits per heavy atom. The first-order chi connectivity index (χ1) is 9.06. The molecular weight excluding hydrogens is 238 g/mol. The highest BCUT2D eigenvalue weighted by atomic mass is 16.1. The Morgan fingerprint density at radius 3 is 2.84 bits per heavy atom. The van der Waals surface area contributed by atoms with Gasteiger partial charge in [0.05, 0.1) is 17.8 Å². The maximum absolute atomic E-state index is 11.4. The van der Waals surface area contributed by atoms with Gasteiger partial charge in [-0.3, -0.25) is 4.79 Å². The first-order valence-corrected chi connectivity index (χ1v) is 7.02. The normalized spacial score (nSPS) is 20.2. The fourth-order valence-corrected chi connectivity index (χ4v) is 3.16. The molecule has 1 saturated carbocycles. The summed E-state index contributed by atoms with van der Waals surface area (Å²) < 4.78 is 0. The van der Waals surface area contributed by atoms with Crippen LogP contribution < -0.4 is 16.4 Å². The first kappa shape index (κ1) is 12.3. The van der Waals surface area contributed by atoms with Crippen molar-refractivity contribution in [3.8, 4) is 0 Å². The first-order valence-electron chi connectivity index (χ1n) is 7.02. The minimum atomic E-state index is 0.0503. The third kappa shape index (κ3) is 2.39. The van der Waals surface area contributed by atoms with E-state index in [1.807, 2.05) is 12.1 Å². The number of nitrogens with two attached hydrogens (primary N) is 1. The lowest BCUT2D eigenvalue weighted by Crippen LogP contribution is -2.23. The zero-order chi connectivity index (χ0) is 13.5. The Hall–Kier alpha value is -1.71. The standard InChI is InChI=1S/C15H21N3O/c1-15(4-2-3-5-15)9-17-13-8-12-10(6-11(13)16)7-14(19)18-12/h6,8,17H,2-5,7,9,16H2,1H3,(H,18,19). The molecule has 4 heteroatoms. The second-order valence-corrected chi connectivity index (χ2v) is 6.19. The van der Waals surface area contributed by atoms with Crippen molar-refractivity contribution in [1.82, 2.24) is 0 Å². The molecule has 2 aliphatic rings. The number of rotatable bonds is 3. The van der Waals surface area contributed by atoms with Crippen LogP contribution in [0.4, 0.5) is 17.1 Å². The average Bonchev–Trinajstić information content (AvgIpc) is 2.92. The summed E-state index contributed by atoms with van der Waals surface area (Å²) in [4.78, 5) is 11.4. The van der Waals surface area contributed by atoms with Crippen LogP contribution in [0.3, 0.4) is 0 Å². The van der Waals surface area contributed by atoms with Gasteiger partial charge in [-0.15, -0.1) is 0 Å². The number of hydrogen-bond donors (Lipinski definition) is 3. The van der Waals surface area contributed by atoms with E-state index in [0.717, 1.165) is 29.2 Å². The summed E-state index contributed by atoms with van der Waals surface area (Å²) in [5.41, 5.74) is 10.0. The van der Waals surface area contributed by atoms with E-state index in [0.29, 0.717) is 11.8 Å². The molecule has 0 atom stereocenters. The van der Waals surface area contributed by atoms with E-state index < -0.39 is 0 Å². The number of amides is 1. The molecular formula is C15H21N3O. The van der Waals surface area contributed by atoms with Gasteiger partial charge >= 0.3 is 0 Å². The molecule has 0 radical (unpaired) electrons. The van der Waals surface area contributed by atoms with Gasteiger partial charge in [-0.05, 0) is 36.0 Å². The molecule has 1 aliphatic heterocycles. The number of carbonyl (C=O) groups excluding carboxylic acids is 1. The van der Waals surface area contributed by atoms with Crippen LogP contribution in [0.2, 0.25) is 0 Å². The van der Waals surface area contributed by atoms with Crippen LogP contribution in [0.15, 0.2) is 12.1 Å². The van der Waals surface area contributed by atoms with Crippen molar-refractivity contribution in [2.24, 2.45) is 5.41 Å². The SMILES string of the molecule is CC1(CNc2cc3c(cc2N)CC(=O)N3)CCCC1. The Labute approximate surface area is 113 Å². The van der Waals surface area contributed by atoms with Gasteiger partial charge < -0.3 is 16.4 Å². The van der Waals surface area contributed by atoms with Crippen molar-refractivity contribution < 1.29 is 4.79 Å². The van der Waals surface area contributed by atoms with Crippen LogP contribution in [0.25, 0.3) is 0 Å². The van der Waals surface area contributed by atoms with E-state index in [1.165, 1.54) is 25.7 Å². The molecule has 1 fully saturated rings. The summed E-state index contributed by atoms with van der Waals surface area (Å²) in [6.45, 7) is 3.28. The van der Waals surface area contributed by atoms with Gasteiger partial charge in [-0.2, -0.15) is 0 Å². The lowest BCUT2D eigenvalue weighted by Gasteiger charge is -2.25. The molecule has 4 N–H and O–H groups in total. The zero-order valence-corrected chi connectivity index (χ0v) is 11.4. The van der Waals surface area contributed by atoms with Crippen LogP contribution in [0.5, 0.6) is 0 Å². The monoisotopic (exact) mass is 259 g/mol. The van der Waals surface area contributed by atoms with E-state index in [1.54, 1.807) is 0 Å². The van der Waals surface area contributed by atoms with Gasteiger partial charge in [0, 0.05) is 12.2 Å². The van der Waals surface area contributed by atoms with Gasteiger partial charge in [0.1, 0.15) is 0 Å². The van der Waals surface area contributed by atoms with Crippen molar-refractivity contribution in [3.05, 3.63) is 17.7 Å². The third-order valence-corrected chi connectivity index (χ3v) is 4.42. The van der Waals surface area contributed by atoms with Crippen LogP contribution in [0, 0.1) is 5.41 Å². The third-order valence-electron chi connectivity index (χ3n) is 4.42. The van der Waals surface area contributed by atoms with Crippen molar-refractivity contribution in [1.29, 1.82) is 0 Å². The predicted molar refractivity (Wildman–Crippen MR) is 78.3 cm³/mol. The molecule has 4 nitrogen and oxygen atoms in total. The molecule has 19 heavy (non-hydrogen) atoms. The molecule has 0 bridgehead atoms. The number of hydrogen-bond acceptors (Lipinski definition) is 3.